The summed E-state index contributed by atoms with van der Waals surface area (Å²) in [5.74, 6) is 0.00833. The van der Waals surface area contributed by atoms with Crippen molar-refractivity contribution in [2.75, 3.05) is 6.61 Å². The molecule has 4 heteroatoms. The highest BCUT2D eigenvalue weighted by atomic mass is 32.1. The maximum atomic E-state index is 10.8. The molecular formula is C10H14O3S. The van der Waals surface area contributed by atoms with Crippen LogP contribution in [-0.4, -0.2) is 17.7 Å². The third kappa shape index (κ3) is 2.48. The number of rotatable bonds is 4. The Hall–Kier alpha value is -1.03. The second kappa shape index (κ2) is 4.46. The number of hydrogen-bond donors (Lipinski definition) is 1. The van der Waals surface area contributed by atoms with Crippen molar-refractivity contribution < 1.29 is 14.6 Å². The van der Waals surface area contributed by atoms with Crippen LogP contribution in [0.2, 0.25) is 0 Å². The van der Waals surface area contributed by atoms with Gasteiger partial charge in [0.15, 0.2) is 4.88 Å². The lowest BCUT2D eigenvalue weighted by atomic mass is 10.2. The van der Waals surface area contributed by atoms with Gasteiger partial charge in [-0.05, 0) is 18.2 Å². The molecule has 14 heavy (non-hydrogen) atoms. The first-order valence-electron chi connectivity index (χ1n) is 4.46. The molecule has 0 unspecified atom stereocenters. The van der Waals surface area contributed by atoms with Crippen LogP contribution in [0, 0.1) is 12.8 Å². The van der Waals surface area contributed by atoms with Crippen molar-refractivity contribution in [2.45, 2.75) is 20.8 Å². The van der Waals surface area contributed by atoms with Gasteiger partial charge >= 0.3 is 5.97 Å². The van der Waals surface area contributed by atoms with E-state index in [4.69, 9.17) is 9.84 Å². The number of aryl methyl sites for hydroxylation is 1. The van der Waals surface area contributed by atoms with E-state index in [2.05, 4.69) is 0 Å². The van der Waals surface area contributed by atoms with Crippen molar-refractivity contribution in [3.05, 3.63) is 15.8 Å². The van der Waals surface area contributed by atoms with E-state index < -0.39 is 5.97 Å². The van der Waals surface area contributed by atoms with Gasteiger partial charge in [0.2, 0.25) is 0 Å². The first kappa shape index (κ1) is 11.0. The molecule has 0 aliphatic rings. The van der Waals surface area contributed by atoms with Gasteiger partial charge < -0.3 is 9.84 Å². The predicted molar refractivity (Wildman–Crippen MR) is 56.3 cm³/mol. The molecule has 0 aromatic carbocycles. The van der Waals surface area contributed by atoms with Crippen LogP contribution in [0.4, 0.5) is 0 Å². The minimum absolute atomic E-state index is 0.295. The number of carboxylic acid groups (broad SMARTS) is 1. The van der Waals surface area contributed by atoms with Gasteiger partial charge in [0.05, 0.1) is 6.61 Å². The van der Waals surface area contributed by atoms with Crippen molar-refractivity contribution in [1.82, 2.24) is 0 Å². The van der Waals surface area contributed by atoms with Gasteiger partial charge in [-0.3, -0.25) is 0 Å². The maximum Gasteiger partial charge on any atom is 0.349 e. The number of carboxylic acids is 1. The fraction of sp³-hybridized carbons (Fsp3) is 0.500. The van der Waals surface area contributed by atoms with E-state index in [1.807, 2.05) is 20.8 Å². The second-order valence-corrected chi connectivity index (χ2v) is 4.47. The first-order chi connectivity index (χ1) is 6.52. The fourth-order valence-corrected chi connectivity index (χ4v) is 1.84. The predicted octanol–water partition coefficient (Wildman–Crippen LogP) is 2.79. The zero-order valence-corrected chi connectivity index (χ0v) is 9.35. The van der Waals surface area contributed by atoms with Crippen LogP contribution in [0.5, 0.6) is 5.75 Å². The second-order valence-electron chi connectivity index (χ2n) is 3.59. The van der Waals surface area contributed by atoms with E-state index in [1.165, 1.54) is 11.3 Å². The highest BCUT2D eigenvalue weighted by Gasteiger charge is 2.16. The summed E-state index contributed by atoms with van der Waals surface area (Å²) in [5.41, 5.74) is 0.896. The van der Waals surface area contributed by atoms with Crippen molar-refractivity contribution in [2.24, 2.45) is 5.92 Å². The van der Waals surface area contributed by atoms with Crippen LogP contribution in [0.25, 0.3) is 0 Å². The molecule has 0 aliphatic heterocycles. The Kier molecular flexibility index (Phi) is 3.52. The Bertz CT molecular complexity index is 328. The molecule has 3 nitrogen and oxygen atoms in total. The van der Waals surface area contributed by atoms with Gasteiger partial charge in [0.1, 0.15) is 5.75 Å². The highest BCUT2D eigenvalue weighted by Crippen LogP contribution is 2.30. The summed E-state index contributed by atoms with van der Waals surface area (Å²) in [5, 5.41) is 10.7. The van der Waals surface area contributed by atoms with Crippen molar-refractivity contribution >= 4 is 17.3 Å². The molecule has 0 bridgehead atoms. The Balaban J connectivity index is 2.83. The molecule has 0 fully saturated rings. The number of ether oxygens (including phenoxy) is 1. The molecule has 1 N–H and O–H groups in total. The van der Waals surface area contributed by atoms with E-state index in [-0.39, 0.29) is 0 Å². The van der Waals surface area contributed by atoms with Gasteiger partial charge in [-0.2, -0.15) is 0 Å². The van der Waals surface area contributed by atoms with Crippen molar-refractivity contribution in [3.63, 3.8) is 0 Å². The third-order valence-electron chi connectivity index (χ3n) is 1.67. The van der Waals surface area contributed by atoms with Crippen LogP contribution >= 0.6 is 11.3 Å². The fourth-order valence-electron chi connectivity index (χ4n) is 1.01. The SMILES string of the molecule is Cc1csc(C(=O)O)c1OCC(C)C. The van der Waals surface area contributed by atoms with Crippen LogP contribution in [0.3, 0.4) is 0 Å². The van der Waals surface area contributed by atoms with Crippen molar-refractivity contribution in [3.8, 4) is 5.75 Å². The highest BCUT2D eigenvalue weighted by molar-refractivity contribution is 7.12. The number of thiophene rings is 1. The van der Waals surface area contributed by atoms with Crippen molar-refractivity contribution in [1.29, 1.82) is 0 Å². The molecule has 0 spiro atoms. The average molecular weight is 214 g/mol. The molecule has 1 rings (SSSR count). The Morgan fingerprint density at radius 1 is 1.64 bits per heavy atom. The zero-order chi connectivity index (χ0) is 10.7. The quantitative estimate of drug-likeness (QED) is 0.838. The first-order valence-corrected chi connectivity index (χ1v) is 5.34. The summed E-state index contributed by atoms with van der Waals surface area (Å²) in [7, 11) is 0. The van der Waals surface area contributed by atoms with Crippen LogP contribution < -0.4 is 4.74 Å². The zero-order valence-electron chi connectivity index (χ0n) is 8.53. The summed E-state index contributed by atoms with van der Waals surface area (Å²) in [6.45, 7) is 6.47. The molecule has 0 amide bonds. The monoisotopic (exact) mass is 214 g/mol. The summed E-state index contributed by atoms with van der Waals surface area (Å²) in [6.07, 6.45) is 0. The molecule has 1 heterocycles. The molecule has 0 atom stereocenters. The Morgan fingerprint density at radius 3 is 2.79 bits per heavy atom. The lowest BCUT2D eigenvalue weighted by Crippen LogP contribution is -2.07. The molecular weight excluding hydrogens is 200 g/mol. The van der Waals surface area contributed by atoms with Gasteiger partial charge in [-0.1, -0.05) is 13.8 Å². The molecule has 1 aromatic heterocycles. The van der Waals surface area contributed by atoms with Gasteiger partial charge in [-0.25, -0.2) is 4.79 Å². The summed E-state index contributed by atoms with van der Waals surface area (Å²) < 4.78 is 5.46. The number of hydrogen-bond acceptors (Lipinski definition) is 3. The number of aromatic carboxylic acids is 1. The normalized spacial score (nSPS) is 10.6. The van der Waals surface area contributed by atoms with Crippen LogP contribution in [0.15, 0.2) is 5.38 Å². The van der Waals surface area contributed by atoms with Gasteiger partial charge in [-0.15, -0.1) is 11.3 Å². The molecule has 78 valence electrons. The minimum Gasteiger partial charge on any atom is -0.491 e. The van der Waals surface area contributed by atoms with E-state index in [0.717, 1.165) is 5.56 Å². The molecule has 0 saturated carbocycles. The standard InChI is InChI=1S/C10H14O3S/c1-6(2)4-13-8-7(3)5-14-9(8)10(11)12/h5-6H,4H2,1-3H3,(H,11,12). The Morgan fingerprint density at radius 2 is 2.29 bits per heavy atom. The minimum atomic E-state index is -0.915. The largest absolute Gasteiger partial charge is 0.491 e. The van der Waals surface area contributed by atoms with Gasteiger partial charge in [0.25, 0.3) is 0 Å². The number of carbonyl (C=O) groups is 1. The summed E-state index contributed by atoms with van der Waals surface area (Å²) in [4.78, 5) is 11.1. The van der Waals surface area contributed by atoms with E-state index in [9.17, 15) is 4.79 Å². The summed E-state index contributed by atoms with van der Waals surface area (Å²) >= 11 is 1.21. The molecule has 0 aliphatic carbocycles. The third-order valence-corrected chi connectivity index (χ3v) is 2.74. The Labute approximate surface area is 87.3 Å². The van der Waals surface area contributed by atoms with E-state index >= 15 is 0 Å². The lowest BCUT2D eigenvalue weighted by molar-refractivity contribution is 0.0697. The van der Waals surface area contributed by atoms with Gasteiger partial charge in [0, 0.05) is 5.56 Å². The lowest BCUT2D eigenvalue weighted by Gasteiger charge is -2.08. The van der Waals surface area contributed by atoms with E-state index in [0.29, 0.717) is 23.2 Å². The molecule has 0 saturated heterocycles. The average Bonchev–Trinajstić information content (AvgIpc) is 2.43. The topological polar surface area (TPSA) is 46.5 Å². The summed E-state index contributed by atoms with van der Waals surface area (Å²) in [6, 6.07) is 0. The molecule has 1 aromatic rings. The maximum absolute atomic E-state index is 10.8. The van der Waals surface area contributed by atoms with Crippen LogP contribution in [-0.2, 0) is 0 Å². The smallest absolute Gasteiger partial charge is 0.349 e. The molecule has 0 radical (unpaired) electrons. The van der Waals surface area contributed by atoms with E-state index in [1.54, 1.807) is 5.38 Å². The van der Waals surface area contributed by atoms with Crippen LogP contribution in [0.1, 0.15) is 29.1 Å².